The summed E-state index contributed by atoms with van der Waals surface area (Å²) in [6.45, 7) is 0.341. The molecule has 0 aliphatic carbocycles. The fraction of sp³-hybridized carbons (Fsp3) is 0.182. The van der Waals surface area contributed by atoms with Crippen molar-refractivity contribution in [3.05, 3.63) is 23.8 Å². The van der Waals surface area contributed by atoms with Crippen molar-refractivity contribution in [1.82, 2.24) is 5.32 Å². The van der Waals surface area contributed by atoms with Crippen LogP contribution in [0.25, 0.3) is 0 Å². The Bertz CT molecular complexity index is 517. The second kappa shape index (κ2) is 4.37. The highest BCUT2D eigenvalue weighted by molar-refractivity contribution is 7.84. The lowest BCUT2D eigenvalue weighted by Gasteiger charge is -2.08. The van der Waals surface area contributed by atoms with Gasteiger partial charge in [0.25, 0.3) is 0 Å². The van der Waals surface area contributed by atoms with Crippen LogP contribution in [0.3, 0.4) is 0 Å². The minimum absolute atomic E-state index is 0.341. The molecule has 5 heteroatoms. The number of benzene rings is 1. The summed E-state index contributed by atoms with van der Waals surface area (Å²) in [6, 6.07) is 5.35. The third kappa shape index (κ3) is 1.68. The van der Waals surface area contributed by atoms with Crippen molar-refractivity contribution in [2.75, 3.05) is 13.7 Å². The first-order chi connectivity index (χ1) is 7.77. The number of amidine groups is 1. The van der Waals surface area contributed by atoms with Gasteiger partial charge in [0, 0.05) is 0 Å². The van der Waals surface area contributed by atoms with Crippen LogP contribution in [-0.2, 0) is 11.0 Å². The van der Waals surface area contributed by atoms with E-state index in [4.69, 9.17) is 11.2 Å². The van der Waals surface area contributed by atoms with Crippen molar-refractivity contribution >= 4 is 16.8 Å². The molecule has 1 aliphatic heterocycles. The summed E-state index contributed by atoms with van der Waals surface area (Å²) >= 11 is 0. The SMILES string of the molecule is C#CCNC1=NS(=O)c2cccc(OC)c21. The van der Waals surface area contributed by atoms with Crippen molar-refractivity contribution in [3.8, 4) is 18.1 Å². The zero-order valence-electron chi connectivity index (χ0n) is 8.69. The molecule has 0 saturated carbocycles. The first-order valence-corrected chi connectivity index (χ1v) is 5.74. The second-order valence-corrected chi connectivity index (χ2v) is 4.20. The molecular formula is C11H10N2O2S. The van der Waals surface area contributed by atoms with E-state index in [1.165, 1.54) is 0 Å². The molecule has 2 rings (SSSR count). The molecule has 0 fully saturated rings. The fourth-order valence-corrected chi connectivity index (χ4v) is 2.48. The van der Waals surface area contributed by atoms with E-state index in [-0.39, 0.29) is 0 Å². The van der Waals surface area contributed by atoms with Crippen LogP contribution in [0.4, 0.5) is 0 Å². The summed E-state index contributed by atoms with van der Waals surface area (Å²) in [4.78, 5) is 0.652. The first-order valence-electron chi connectivity index (χ1n) is 4.63. The van der Waals surface area contributed by atoms with E-state index in [9.17, 15) is 4.21 Å². The normalized spacial score (nSPS) is 17.2. The lowest BCUT2D eigenvalue weighted by Crippen LogP contribution is -2.23. The van der Waals surface area contributed by atoms with Gasteiger partial charge in [-0.1, -0.05) is 12.0 Å². The van der Waals surface area contributed by atoms with Crippen molar-refractivity contribution in [2.24, 2.45) is 4.40 Å². The maximum absolute atomic E-state index is 11.7. The van der Waals surface area contributed by atoms with Crippen molar-refractivity contribution in [3.63, 3.8) is 0 Å². The summed E-state index contributed by atoms with van der Waals surface area (Å²) in [5.41, 5.74) is 0.735. The van der Waals surface area contributed by atoms with Crippen LogP contribution in [0.15, 0.2) is 27.5 Å². The Balaban J connectivity index is 2.46. The molecule has 0 aromatic heterocycles. The molecule has 16 heavy (non-hydrogen) atoms. The highest BCUT2D eigenvalue weighted by Crippen LogP contribution is 2.30. The molecule has 0 spiro atoms. The fourth-order valence-electron chi connectivity index (χ4n) is 1.49. The van der Waals surface area contributed by atoms with Gasteiger partial charge in [-0.3, -0.25) is 0 Å². The van der Waals surface area contributed by atoms with Gasteiger partial charge in [0.2, 0.25) is 0 Å². The summed E-state index contributed by atoms with van der Waals surface area (Å²) < 4.78 is 20.9. The Morgan fingerprint density at radius 1 is 1.62 bits per heavy atom. The van der Waals surface area contributed by atoms with Crippen LogP contribution in [0.1, 0.15) is 5.56 Å². The van der Waals surface area contributed by atoms with Gasteiger partial charge in [0.1, 0.15) is 11.6 Å². The highest BCUT2D eigenvalue weighted by atomic mass is 32.2. The van der Waals surface area contributed by atoms with Crippen molar-refractivity contribution < 1.29 is 8.95 Å². The van der Waals surface area contributed by atoms with Gasteiger partial charge in [-0.05, 0) is 12.1 Å². The summed E-state index contributed by atoms with van der Waals surface area (Å²) in [7, 11) is 0.199. The first kappa shape index (κ1) is 10.7. The topological polar surface area (TPSA) is 50.7 Å². The van der Waals surface area contributed by atoms with E-state index < -0.39 is 11.0 Å². The third-order valence-electron chi connectivity index (χ3n) is 2.16. The van der Waals surface area contributed by atoms with Gasteiger partial charge in [-0.2, -0.15) is 4.40 Å². The number of methoxy groups -OCH3 is 1. The van der Waals surface area contributed by atoms with Gasteiger partial charge in [-0.25, -0.2) is 4.21 Å². The maximum atomic E-state index is 11.7. The number of nitrogens with one attached hydrogen (secondary N) is 1. The molecule has 1 heterocycles. The molecule has 1 N–H and O–H groups in total. The predicted octanol–water partition coefficient (Wildman–Crippen LogP) is 0.701. The number of hydrogen-bond acceptors (Lipinski definition) is 3. The van der Waals surface area contributed by atoms with Crippen LogP contribution >= 0.6 is 0 Å². The molecule has 1 unspecified atom stereocenters. The Morgan fingerprint density at radius 3 is 3.12 bits per heavy atom. The molecule has 0 saturated heterocycles. The van der Waals surface area contributed by atoms with E-state index in [2.05, 4.69) is 15.6 Å². The minimum Gasteiger partial charge on any atom is -0.496 e. The zero-order valence-corrected chi connectivity index (χ0v) is 9.50. The van der Waals surface area contributed by atoms with E-state index in [1.54, 1.807) is 25.3 Å². The molecule has 1 aliphatic rings. The van der Waals surface area contributed by atoms with E-state index >= 15 is 0 Å². The third-order valence-corrected chi connectivity index (χ3v) is 3.23. The average Bonchev–Trinajstić information content (AvgIpc) is 2.64. The smallest absolute Gasteiger partial charge is 0.175 e. The number of rotatable bonds is 2. The quantitative estimate of drug-likeness (QED) is 0.766. The Morgan fingerprint density at radius 2 is 2.44 bits per heavy atom. The number of fused-ring (bicyclic) bond motifs is 1. The Hall–Kier alpha value is -1.80. The molecule has 82 valence electrons. The summed E-state index contributed by atoms with van der Waals surface area (Å²) in [5.74, 6) is 3.62. The maximum Gasteiger partial charge on any atom is 0.175 e. The monoisotopic (exact) mass is 234 g/mol. The van der Waals surface area contributed by atoms with Gasteiger partial charge in [0.05, 0.1) is 24.1 Å². The van der Waals surface area contributed by atoms with Gasteiger partial charge >= 0.3 is 0 Å². The van der Waals surface area contributed by atoms with Gasteiger partial charge in [-0.15, -0.1) is 6.42 Å². The highest BCUT2D eigenvalue weighted by Gasteiger charge is 2.25. The lowest BCUT2D eigenvalue weighted by molar-refractivity contribution is 0.412. The Labute approximate surface area is 96.3 Å². The van der Waals surface area contributed by atoms with Gasteiger partial charge in [0.15, 0.2) is 11.0 Å². The van der Waals surface area contributed by atoms with Crippen molar-refractivity contribution in [2.45, 2.75) is 4.90 Å². The summed E-state index contributed by atoms with van der Waals surface area (Å²) in [5, 5.41) is 2.93. The number of ether oxygens (including phenoxy) is 1. The number of terminal acetylenes is 1. The largest absolute Gasteiger partial charge is 0.496 e. The molecule has 0 amide bonds. The second-order valence-electron chi connectivity index (χ2n) is 3.08. The standard InChI is InChI=1S/C11H10N2O2S/c1-3-7-12-11-10-8(15-2)5-4-6-9(10)16(14)13-11/h1,4-6H,7H2,2H3,(H,12,13). The molecule has 0 bridgehead atoms. The lowest BCUT2D eigenvalue weighted by atomic mass is 10.2. The zero-order chi connectivity index (χ0) is 11.5. The van der Waals surface area contributed by atoms with Gasteiger partial charge < -0.3 is 10.1 Å². The molecule has 0 radical (unpaired) electrons. The number of hydrogen-bond donors (Lipinski definition) is 1. The average molecular weight is 234 g/mol. The molecular weight excluding hydrogens is 224 g/mol. The molecule has 1 aromatic carbocycles. The minimum atomic E-state index is -1.37. The van der Waals surface area contributed by atoms with Crippen LogP contribution < -0.4 is 10.1 Å². The van der Waals surface area contributed by atoms with Crippen LogP contribution in [0.2, 0.25) is 0 Å². The number of nitrogens with zero attached hydrogens (tertiary/aromatic N) is 1. The van der Waals surface area contributed by atoms with E-state index in [1.807, 2.05) is 0 Å². The van der Waals surface area contributed by atoms with E-state index in [0.29, 0.717) is 23.0 Å². The molecule has 4 nitrogen and oxygen atoms in total. The molecule has 1 atom stereocenters. The van der Waals surface area contributed by atoms with E-state index in [0.717, 1.165) is 5.56 Å². The molecule has 1 aromatic rings. The summed E-state index contributed by atoms with van der Waals surface area (Å²) in [6.07, 6.45) is 5.16. The Kier molecular flexibility index (Phi) is 2.93. The van der Waals surface area contributed by atoms with Crippen molar-refractivity contribution in [1.29, 1.82) is 0 Å². The predicted molar refractivity (Wildman–Crippen MR) is 62.8 cm³/mol. The van der Waals surface area contributed by atoms with Crippen LogP contribution in [0.5, 0.6) is 5.75 Å². The van der Waals surface area contributed by atoms with Crippen LogP contribution in [-0.4, -0.2) is 23.7 Å². The van der Waals surface area contributed by atoms with Crippen LogP contribution in [0, 0.1) is 12.3 Å².